The lowest BCUT2D eigenvalue weighted by Crippen LogP contribution is -2.24. The lowest BCUT2D eigenvalue weighted by Gasteiger charge is -2.15. The van der Waals surface area contributed by atoms with Gasteiger partial charge < -0.3 is 15.0 Å². The molecule has 5 heteroatoms. The maximum absolute atomic E-state index is 13.0. The summed E-state index contributed by atoms with van der Waals surface area (Å²) in [7, 11) is 4.04. The fourth-order valence-corrected chi connectivity index (χ4v) is 3.02. The molecule has 0 aliphatic rings. The van der Waals surface area contributed by atoms with E-state index in [1.54, 1.807) is 30.3 Å². The van der Waals surface area contributed by atoms with Gasteiger partial charge in [-0.25, -0.2) is 4.39 Å². The van der Waals surface area contributed by atoms with Gasteiger partial charge in [0.1, 0.15) is 18.2 Å². The molecule has 0 aliphatic heterocycles. The molecule has 1 amide bonds. The lowest BCUT2D eigenvalue weighted by atomic mass is 10.1. The summed E-state index contributed by atoms with van der Waals surface area (Å²) in [4.78, 5) is 14.9. The molecule has 4 nitrogen and oxygen atoms in total. The monoisotopic (exact) mass is 392 g/mol. The molecule has 0 radical (unpaired) electrons. The number of carbonyl (C=O) groups excluding carboxylic acids is 1. The fraction of sp³-hybridized carbons (Fsp3) is 0.208. The summed E-state index contributed by atoms with van der Waals surface area (Å²) < 4.78 is 18.9. The Morgan fingerprint density at radius 2 is 1.59 bits per heavy atom. The molecule has 0 saturated heterocycles. The van der Waals surface area contributed by atoms with Crippen LogP contribution in [0.2, 0.25) is 0 Å². The predicted octanol–water partition coefficient (Wildman–Crippen LogP) is 4.40. The first-order valence-electron chi connectivity index (χ1n) is 9.49. The third kappa shape index (κ3) is 5.90. The second kappa shape index (κ2) is 9.85. The number of halogens is 1. The second-order valence-corrected chi connectivity index (χ2v) is 7.10. The number of nitrogens with zero attached hydrogens (tertiary/aromatic N) is 1. The molecule has 0 aromatic heterocycles. The van der Waals surface area contributed by atoms with Gasteiger partial charge in [-0.3, -0.25) is 4.79 Å². The molecule has 0 bridgehead atoms. The highest BCUT2D eigenvalue weighted by atomic mass is 19.1. The zero-order chi connectivity index (χ0) is 20.6. The Morgan fingerprint density at radius 1 is 0.931 bits per heavy atom. The molecule has 1 N–H and O–H groups in total. The summed E-state index contributed by atoms with van der Waals surface area (Å²) in [6, 6.07) is 21.3. The predicted molar refractivity (Wildman–Crippen MR) is 112 cm³/mol. The molecule has 29 heavy (non-hydrogen) atoms. The summed E-state index contributed by atoms with van der Waals surface area (Å²) >= 11 is 0. The minimum atomic E-state index is -0.289. The number of hydrogen-bond acceptors (Lipinski definition) is 3. The fourth-order valence-electron chi connectivity index (χ4n) is 3.02. The van der Waals surface area contributed by atoms with Crippen LogP contribution in [0.1, 0.15) is 27.0 Å². The van der Waals surface area contributed by atoms with Crippen LogP contribution in [-0.2, 0) is 19.7 Å². The standard InChI is InChI=1S/C24H25FN2O2/c1-27(2)16-20-8-4-3-7-19(20)15-26-24(28)22-9-5-6-10-23(22)29-17-18-11-13-21(25)14-12-18/h3-14H,15-17H2,1-2H3,(H,26,28). The van der Waals surface area contributed by atoms with Gasteiger partial charge in [-0.05, 0) is 55.1 Å². The Balaban J connectivity index is 1.66. The number of carbonyl (C=O) groups is 1. The molecule has 150 valence electrons. The number of para-hydroxylation sites is 1. The Bertz CT molecular complexity index is 955. The summed E-state index contributed by atoms with van der Waals surface area (Å²) in [5, 5.41) is 2.99. The van der Waals surface area contributed by atoms with Crippen LogP contribution in [0, 0.1) is 5.82 Å². The van der Waals surface area contributed by atoms with Gasteiger partial charge in [0.15, 0.2) is 0 Å². The minimum Gasteiger partial charge on any atom is -0.488 e. The van der Waals surface area contributed by atoms with E-state index in [1.807, 2.05) is 38.4 Å². The van der Waals surface area contributed by atoms with E-state index < -0.39 is 0 Å². The summed E-state index contributed by atoms with van der Waals surface area (Å²) in [5.41, 5.74) is 3.57. The van der Waals surface area contributed by atoms with Crippen molar-refractivity contribution in [1.29, 1.82) is 0 Å². The van der Waals surface area contributed by atoms with E-state index in [-0.39, 0.29) is 18.3 Å². The van der Waals surface area contributed by atoms with Gasteiger partial charge in [-0.1, -0.05) is 48.5 Å². The molecule has 0 fully saturated rings. The normalized spacial score (nSPS) is 10.8. The zero-order valence-corrected chi connectivity index (χ0v) is 16.7. The van der Waals surface area contributed by atoms with E-state index in [1.165, 1.54) is 17.7 Å². The van der Waals surface area contributed by atoms with Crippen molar-refractivity contribution in [2.24, 2.45) is 0 Å². The van der Waals surface area contributed by atoms with Gasteiger partial charge in [0.25, 0.3) is 5.91 Å². The molecule has 3 rings (SSSR count). The number of rotatable bonds is 8. The molecular formula is C24H25FN2O2. The minimum absolute atomic E-state index is 0.195. The van der Waals surface area contributed by atoms with E-state index in [0.29, 0.717) is 17.9 Å². The summed E-state index contributed by atoms with van der Waals surface area (Å²) in [6.45, 7) is 1.51. The maximum Gasteiger partial charge on any atom is 0.255 e. The highest BCUT2D eigenvalue weighted by Gasteiger charge is 2.13. The Morgan fingerprint density at radius 3 is 2.31 bits per heavy atom. The van der Waals surface area contributed by atoms with Crippen molar-refractivity contribution >= 4 is 5.91 Å². The molecule has 0 spiro atoms. The van der Waals surface area contributed by atoms with E-state index in [2.05, 4.69) is 16.3 Å². The average Bonchev–Trinajstić information content (AvgIpc) is 2.72. The van der Waals surface area contributed by atoms with Crippen LogP contribution in [0.5, 0.6) is 5.75 Å². The van der Waals surface area contributed by atoms with Crippen molar-refractivity contribution in [2.75, 3.05) is 14.1 Å². The van der Waals surface area contributed by atoms with Gasteiger partial charge in [0.05, 0.1) is 5.56 Å². The van der Waals surface area contributed by atoms with Gasteiger partial charge >= 0.3 is 0 Å². The van der Waals surface area contributed by atoms with Gasteiger partial charge in [-0.2, -0.15) is 0 Å². The van der Waals surface area contributed by atoms with Crippen LogP contribution in [0.25, 0.3) is 0 Å². The van der Waals surface area contributed by atoms with Gasteiger partial charge in [0, 0.05) is 13.1 Å². The SMILES string of the molecule is CN(C)Cc1ccccc1CNC(=O)c1ccccc1OCc1ccc(F)cc1. The van der Waals surface area contributed by atoms with E-state index >= 15 is 0 Å². The molecular weight excluding hydrogens is 367 g/mol. The Kier molecular flexibility index (Phi) is 6.98. The number of benzene rings is 3. The van der Waals surface area contributed by atoms with Crippen LogP contribution >= 0.6 is 0 Å². The quantitative estimate of drug-likeness (QED) is 0.618. The number of nitrogens with one attached hydrogen (secondary N) is 1. The Hall–Kier alpha value is -3.18. The molecule has 0 atom stereocenters. The van der Waals surface area contributed by atoms with Crippen LogP contribution in [0.3, 0.4) is 0 Å². The molecule has 0 aliphatic carbocycles. The van der Waals surface area contributed by atoms with Crippen LogP contribution in [0.15, 0.2) is 72.8 Å². The number of hydrogen-bond donors (Lipinski definition) is 1. The van der Waals surface area contributed by atoms with Crippen molar-refractivity contribution in [3.8, 4) is 5.75 Å². The first-order valence-corrected chi connectivity index (χ1v) is 9.49. The van der Waals surface area contributed by atoms with Crippen LogP contribution < -0.4 is 10.1 Å². The highest BCUT2D eigenvalue weighted by Crippen LogP contribution is 2.20. The number of amides is 1. The smallest absolute Gasteiger partial charge is 0.255 e. The molecule has 0 unspecified atom stereocenters. The molecule has 3 aromatic carbocycles. The first kappa shape index (κ1) is 20.6. The van der Waals surface area contributed by atoms with Crippen molar-refractivity contribution in [2.45, 2.75) is 19.7 Å². The van der Waals surface area contributed by atoms with Crippen LogP contribution in [0.4, 0.5) is 4.39 Å². The van der Waals surface area contributed by atoms with Crippen molar-refractivity contribution in [1.82, 2.24) is 10.2 Å². The maximum atomic E-state index is 13.0. The van der Waals surface area contributed by atoms with Crippen molar-refractivity contribution in [3.05, 3.63) is 101 Å². The molecule has 3 aromatic rings. The summed E-state index contributed by atoms with van der Waals surface area (Å²) in [5.74, 6) is 0.0124. The third-order valence-electron chi connectivity index (χ3n) is 4.48. The molecule has 0 heterocycles. The van der Waals surface area contributed by atoms with Gasteiger partial charge in [-0.15, -0.1) is 0 Å². The Labute approximate surface area is 170 Å². The van der Waals surface area contributed by atoms with Crippen molar-refractivity contribution in [3.63, 3.8) is 0 Å². The zero-order valence-electron chi connectivity index (χ0n) is 16.7. The molecule has 0 saturated carbocycles. The third-order valence-corrected chi connectivity index (χ3v) is 4.48. The lowest BCUT2D eigenvalue weighted by molar-refractivity contribution is 0.0946. The highest BCUT2D eigenvalue weighted by molar-refractivity contribution is 5.96. The van der Waals surface area contributed by atoms with E-state index in [0.717, 1.165) is 17.7 Å². The van der Waals surface area contributed by atoms with Crippen molar-refractivity contribution < 1.29 is 13.9 Å². The van der Waals surface area contributed by atoms with Gasteiger partial charge in [0.2, 0.25) is 0 Å². The summed E-state index contributed by atoms with van der Waals surface area (Å²) in [6.07, 6.45) is 0. The topological polar surface area (TPSA) is 41.6 Å². The second-order valence-electron chi connectivity index (χ2n) is 7.10. The number of ether oxygens (including phenoxy) is 1. The van der Waals surface area contributed by atoms with E-state index in [4.69, 9.17) is 4.74 Å². The van der Waals surface area contributed by atoms with E-state index in [9.17, 15) is 9.18 Å². The van der Waals surface area contributed by atoms with Crippen LogP contribution in [-0.4, -0.2) is 24.9 Å². The largest absolute Gasteiger partial charge is 0.488 e. The first-order chi connectivity index (χ1) is 14.0. The average molecular weight is 392 g/mol.